The van der Waals surface area contributed by atoms with Crippen LogP contribution in [0.25, 0.3) is 0 Å². The standard InChI is InChI=1S/C19H17ClF4N2O3S/c20-16-8-3-13(19(22,23)24)10-17(16)25-18(27)12-2-1-9-26(11-12)30(28,29)15-6-4-14(21)5-7-15/h3-8,10,12H,1-2,9,11H2,(H,25,27)/t12-/m1/s1. The van der Waals surface area contributed by atoms with Gasteiger partial charge in [-0.05, 0) is 55.3 Å². The van der Waals surface area contributed by atoms with Gasteiger partial charge in [0.15, 0.2) is 0 Å². The molecule has 0 aliphatic carbocycles. The van der Waals surface area contributed by atoms with E-state index in [9.17, 15) is 30.8 Å². The van der Waals surface area contributed by atoms with Gasteiger partial charge in [0.05, 0.1) is 27.1 Å². The highest BCUT2D eigenvalue weighted by Gasteiger charge is 2.34. The first-order chi connectivity index (χ1) is 14.0. The van der Waals surface area contributed by atoms with E-state index < -0.39 is 39.4 Å². The minimum atomic E-state index is -4.60. The zero-order valence-corrected chi connectivity index (χ0v) is 17.0. The van der Waals surface area contributed by atoms with Gasteiger partial charge in [-0.1, -0.05) is 11.6 Å². The maximum absolute atomic E-state index is 13.1. The highest BCUT2D eigenvalue weighted by Crippen LogP contribution is 2.34. The lowest BCUT2D eigenvalue weighted by molar-refractivity contribution is -0.137. The molecule has 1 saturated heterocycles. The topological polar surface area (TPSA) is 66.5 Å². The van der Waals surface area contributed by atoms with Crippen molar-refractivity contribution >= 4 is 33.2 Å². The fraction of sp³-hybridized carbons (Fsp3) is 0.316. The van der Waals surface area contributed by atoms with Crippen LogP contribution in [0.15, 0.2) is 47.4 Å². The third-order valence-corrected chi connectivity index (χ3v) is 6.97. The van der Waals surface area contributed by atoms with Gasteiger partial charge in [-0.15, -0.1) is 0 Å². The number of hydrogen-bond acceptors (Lipinski definition) is 3. The van der Waals surface area contributed by atoms with Crippen LogP contribution >= 0.6 is 11.6 Å². The van der Waals surface area contributed by atoms with Crippen LogP contribution in [0.4, 0.5) is 23.2 Å². The number of hydrogen-bond donors (Lipinski definition) is 1. The van der Waals surface area contributed by atoms with Crippen LogP contribution in [0.5, 0.6) is 0 Å². The average Bonchev–Trinajstić information content (AvgIpc) is 2.69. The SMILES string of the molecule is O=C(Nc1cc(C(F)(F)F)ccc1Cl)[C@@H]1CCCN(S(=O)(=O)c2ccc(F)cc2)C1. The zero-order valence-electron chi connectivity index (χ0n) is 15.4. The van der Waals surface area contributed by atoms with Crippen LogP contribution in [0, 0.1) is 11.7 Å². The van der Waals surface area contributed by atoms with Crippen molar-refractivity contribution in [1.29, 1.82) is 0 Å². The maximum Gasteiger partial charge on any atom is 0.416 e. The molecule has 0 spiro atoms. The molecule has 5 nitrogen and oxygen atoms in total. The second kappa shape index (κ2) is 8.52. The van der Waals surface area contributed by atoms with E-state index >= 15 is 0 Å². The first-order valence-electron chi connectivity index (χ1n) is 8.92. The second-order valence-electron chi connectivity index (χ2n) is 6.84. The summed E-state index contributed by atoms with van der Waals surface area (Å²) in [5.41, 5.74) is -1.17. The number of piperidine rings is 1. The van der Waals surface area contributed by atoms with Gasteiger partial charge in [0.1, 0.15) is 5.82 Å². The summed E-state index contributed by atoms with van der Waals surface area (Å²) in [6, 6.07) is 6.89. The molecule has 1 heterocycles. The summed E-state index contributed by atoms with van der Waals surface area (Å²) >= 11 is 5.90. The molecule has 0 bridgehead atoms. The fourth-order valence-electron chi connectivity index (χ4n) is 3.16. The van der Waals surface area contributed by atoms with Gasteiger partial charge in [0, 0.05) is 13.1 Å². The third-order valence-electron chi connectivity index (χ3n) is 4.76. The maximum atomic E-state index is 13.1. The van der Waals surface area contributed by atoms with E-state index in [1.54, 1.807) is 0 Å². The number of sulfonamides is 1. The van der Waals surface area contributed by atoms with Crippen LogP contribution in [-0.4, -0.2) is 31.7 Å². The molecule has 11 heteroatoms. The summed E-state index contributed by atoms with van der Waals surface area (Å²) in [4.78, 5) is 12.5. The van der Waals surface area contributed by atoms with E-state index in [0.717, 1.165) is 46.8 Å². The smallest absolute Gasteiger partial charge is 0.324 e. The molecule has 30 heavy (non-hydrogen) atoms. The number of carbonyl (C=O) groups excluding carboxylic acids is 1. The zero-order chi connectivity index (χ0) is 22.1. The van der Waals surface area contributed by atoms with Gasteiger partial charge in [-0.3, -0.25) is 4.79 Å². The Hall–Kier alpha value is -2.17. The van der Waals surface area contributed by atoms with Gasteiger partial charge in [0.25, 0.3) is 0 Å². The molecule has 0 radical (unpaired) electrons. The lowest BCUT2D eigenvalue weighted by atomic mass is 9.98. The Bertz CT molecular complexity index is 1040. The summed E-state index contributed by atoms with van der Waals surface area (Å²) in [5.74, 6) is -1.99. The summed E-state index contributed by atoms with van der Waals surface area (Å²) in [7, 11) is -3.94. The predicted molar refractivity (Wildman–Crippen MR) is 103 cm³/mol. The quantitative estimate of drug-likeness (QED) is 0.676. The van der Waals surface area contributed by atoms with Crippen molar-refractivity contribution in [3.8, 4) is 0 Å². The Balaban J connectivity index is 1.76. The van der Waals surface area contributed by atoms with E-state index in [0.29, 0.717) is 12.8 Å². The largest absolute Gasteiger partial charge is 0.416 e. The lowest BCUT2D eigenvalue weighted by Crippen LogP contribution is -2.43. The molecule has 3 rings (SSSR count). The molecule has 162 valence electrons. The molecule has 1 aliphatic heterocycles. The number of rotatable bonds is 4. The molecule has 2 aromatic rings. The molecule has 1 aliphatic rings. The van der Waals surface area contributed by atoms with Gasteiger partial charge < -0.3 is 5.32 Å². The minimum absolute atomic E-state index is 0.0667. The van der Waals surface area contributed by atoms with E-state index in [1.165, 1.54) is 0 Å². The van der Waals surface area contributed by atoms with Crippen LogP contribution in [0.3, 0.4) is 0 Å². The highest BCUT2D eigenvalue weighted by molar-refractivity contribution is 7.89. The summed E-state index contributed by atoms with van der Waals surface area (Å²) in [6.07, 6.45) is -3.86. The van der Waals surface area contributed by atoms with E-state index in [2.05, 4.69) is 5.32 Å². The number of anilines is 1. The number of carbonyl (C=O) groups is 1. The van der Waals surface area contributed by atoms with E-state index in [1.807, 2.05) is 0 Å². The molecule has 1 atom stereocenters. The molecule has 1 N–H and O–H groups in total. The number of alkyl halides is 3. The van der Waals surface area contributed by atoms with E-state index in [-0.39, 0.29) is 28.7 Å². The summed E-state index contributed by atoms with van der Waals surface area (Å²) < 4.78 is 78.4. The number of amides is 1. The van der Waals surface area contributed by atoms with Gasteiger partial charge in [0.2, 0.25) is 15.9 Å². The highest BCUT2D eigenvalue weighted by atomic mass is 35.5. The second-order valence-corrected chi connectivity index (χ2v) is 9.18. The Labute approximate surface area is 175 Å². The van der Waals surface area contributed by atoms with Crippen molar-refractivity contribution in [2.75, 3.05) is 18.4 Å². The summed E-state index contributed by atoms with van der Waals surface area (Å²) in [5, 5.41) is 2.30. The number of nitrogens with zero attached hydrogens (tertiary/aromatic N) is 1. The van der Waals surface area contributed by atoms with E-state index in [4.69, 9.17) is 11.6 Å². The third kappa shape index (κ3) is 4.93. The van der Waals surface area contributed by atoms with Crippen molar-refractivity contribution in [3.63, 3.8) is 0 Å². The first kappa shape index (κ1) is 22.5. The molecular formula is C19H17ClF4N2O3S. The van der Waals surface area contributed by atoms with Crippen LogP contribution in [-0.2, 0) is 21.0 Å². The monoisotopic (exact) mass is 464 g/mol. The molecule has 1 amide bonds. The Morgan fingerprint density at radius 2 is 1.80 bits per heavy atom. The lowest BCUT2D eigenvalue weighted by Gasteiger charge is -2.31. The Morgan fingerprint density at radius 1 is 1.13 bits per heavy atom. The normalized spacial score (nSPS) is 18.2. The number of halogens is 5. The molecule has 1 fully saturated rings. The van der Waals surface area contributed by atoms with Gasteiger partial charge in [-0.2, -0.15) is 17.5 Å². The number of nitrogens with one attached hydrogen (secondary N) is 1. The number of benzene rings is 2. The molecule has 2 aromatic carbocycles. The van der Waals surface area contributed by atoms with Gasteiger partial charge >= 0.3 is 6.18 Å². The van der Waals surface area contributed by atoms with Crippen molar-refractivity contribution in [1.82, 2.24) is 4.31 Å². The van der Waals surface area contributed by atoms with Crippen LogP contribution in [0.2, 0.25) is 5.02 Å². The van der Waals surface area contributed by atoms with Crippen molar-refractivity contribution in [2.45, 2.75) is 23.9 Å². The Kier molecular flexibility index (Phi) is 6.40. The fourth-order valence-corrected chi connectivity index (χ4v) is 4.85. The van der Waals surface area contributed by atoms with Crippen molar-refractivity contribution < 1.29 is 30.8 Å². The molecular weight excluding hydrogens is 448 g/mol. The van der Waals surface area contributed by atoms with Crippen molar-refractivity contribution in [3.05, 3.63) is 58.9 Å². The Morgan fingerprint density at radius 3 is 2.43 bits per heavy atom. The molecule has 0 unspecified atom stereocenters. The van der Waals surface area contributed by atoms with Crippen molar-refractivity contribution in [2.24, 2.45) is 5.92 Å². The predicted octanol–water partition coefficient (Wildman–Crippen LogP) is 4.54. The van der Waals surface area contributed by atoms with Crippen LogP contribution in [0.1, 0.15) is 18.4 Å². The minimum Gasteiger partial charge on any atom is -0.324 e. The average molecular weight is 465 g/mol. The molecule has 0 aromatic heterocycles. The summed E-state index contributed by atoms with van der Waals surface area (Å²) in [6.45, 7) is 0.0237. The molecule has 0 saturated carbocycles. The first-order valence-corrected chi connectivity index (χ1v) is 10.7. The van der Waals surface area contributed by atoms with Gasteiger partial charge in [-0.25, -0.2) is 12.8 Å². The van der Waals surface area contributed by atoms with Crippen LogP contribution < -0.4 is 5.32 Å².